The molecule has 3 heterocycles. The Morgan fingerprint density at radius 1 is 0.964 bits per heavy atom. The summed E-state index contributed by atoms with van der Waals surface area (Å²) < 4.78 is 37.8. The highest BCUT2D eigenvalue weighted by Crippen LogP contribution is 2.27. The summed E-state index contributed by atoms with van der Waals surface area (Å²) in [4.78, 5) is 27.9. The van der Waals surface area contributed by atoms with Crippen molar-refractivity contribution in [2.24, 2.45) is 0 Å². The van der Waals surface area contributed by atoms with Gasteiger partial charge in [-0.1, -0.05) is 0 Å². The second kappa shape index (κ2) is 7.06. The molecule has 4 rings (SSSR count). The molecule has 0 atom stereocenters. The van der Waals surface area contributed by atoms with Gasteiger partial charge >= 0.3 is 6.18 Å². The molecule has 3 aromatic rings. The first-order valence-electron chi connectivity index (χ1n) is 8.69. The summed E-state index contributed by atoms with van der Waals surface area (Å²) in [5.41, 5.74) is 1.03. The van der Waals surface area contributed by atoms with Crippen molar-refractivity contribution in [1.82, 2.24) is 19.9 Å². The van der Waals surface area contributed by atoms with E-state index in [2.05, 4.69) is 19.9 Å². The molecule has 0 unspecified atom stereocenters. The topological polar surface area (TPSA) is 62.2 Å². The Morgan fingerprint density at radius 3 is 2.43 bits per heavy atom. The highest BCUT2D eigenvalue weighted by molar-refractivity contribution is 5.94. The average Bonchev–Trinajstić information content (AvgIpc) is 2.72. The minimum Gasteiger partial charge on any atom is -0.368 e. The lowest BCUT2D eigenvalue weighted by Crippen LogP contribution is -2.48. The number of rotatable bonds is 2. The van der Waals surface area contributed by atoms with E-state index in [4.69, 9.17) is 0 Å². The van der Waals surface area contributed by atoms with Crippen LogP contribution in [-0.4, -0.2) is 51.9 Å². The van der Waals surface area contributed by atoms with Gasteiger partial charge in [-0.25, -0.2) is 9.97 Å². The van der Waals surface area contributed by atoms with Gasteiger partial charge in [0.2, 0.25) is 0 Å². The number of aromatic nitrogens is 3. The molecule has 9 heteroatoms. The number of carbonyl (C=O) groups excluding carboxylic acids is 1. The maximum Gasteiger partial charge on any atom is 0.433 e. The predicted molar refractivity (Wildman–Crippen MR) is 96.9 cm³/mol. The van der Waals surface area contributed by atoms with Gasteiger partial charge in [0.25, 0.3) is 5.91 Å². The van der Waals surface area contributed by atoms with Crippen LogP contribution in [0.4, 0.5) is 18.9 Å². The van der Waals surface area contributed by atoms with Crippen LogP contribution in [0.2, 0.25) is 0 Å². The number of carbonyl (C=O) groups is 1. The van der Waals surface area contributed by atoms with E-state index >= 15 is 0 Å². The molecule has 144 valence electrons. The fourth-order valence-electron chi connectivity index (χ4n) is 3.21. The SMILES string of the molecule is O=C(c1ccc(C(F)(F)F)nc1)N1CCN(c2ccc3ncncc3c2)CC1. The van der Waals surface area contributed by atoms with Crippen LogP contribution in [0.1, 0.15) is 16.1 Å². The zero-order valence-corrected chi connectivity index (χ0v) is 14.7. The molecule has 28 heavy (non-hydrogen) atoms. The summed E-state index contributed by atoms with van der Waals surface area (Å²) in [6.45, 7) is 2.20. The molecule has 1 amide bonds. The van der Waals surface area contributed by atoms with Crippen LogP contribution in [0.3, 0.4) is 0 Å². The molecule has 6 nitrogen and oxygen atoms in total. The second-order valence-electron chi connectivity index (χ2n) is 6.47. The standard InChI is InChI=1S/C19H16F3N5O/c20-19(21,22)17-4-1-13(11-24-17)18(28)27-7-5-26(6-8-27)15-2-3-16-14(9-15)10-23-12-25-16/h1-4,9-12H,5-8H2. The third-order valence-electron chi connectivity index (χ3n) is 4.72. The third-order valence-corrected chi connectivity index (χ3v) is 4.72. The zero-order valence-electron chi connectivity index (χ0n) is 14.7. The quantitative estimate of drug-likeness (QED) is 0.677. The summed E-state index contributed by atoms with van der Waals surface area (Å²) in [7, 11) is 0. The van der Waals surface area contributed by atoms with Crippen LogP contribution in [0, 0.1) is 0 Å². The smallest absolute Gasteiger partial charge is 0.368 e. The number of halogens is 3. The number of pyridine rings is 1. The van der Waals surface area contributed by atoms with Crippen molar-refractivity contribution >= 4 is 22.5 Å². The number of amides is 1. The van der Waals surface area contributed by atoms with E-state index in [1.54, 1.807) is 11.1 Å². The van der Waals surface area contributed by atoms with Gasteiger partial charge in [0.1, 0.15) is 12.0 Å². The second-order valence-corrected chi connectivity index (χ2v) is 6.47. The molecule has 1 fully saturated rings. The number of hydrogen-bond donors (Lipinski definition) is 0. The fraction of sp³-hybridized carbons (Fsp3) is 0.263. The van der Waals surface area contributed by atoms with Crippen LogP contribution in [0.5, 0.6) is 0 Å². The zero-order chi connectivity index (χ0) is 19.7. The Kier molecular flexibility index (Phi) is 4.58. The number of benzene rings is 1. The lowest BCUT2D eigenvalue weighted by atomic mass is 10.1. The Morgan fingerprint density at radius 2 is 1.75 bits per heavy atom. The first kappa shape index (κ1) is 18.1. The van der Waals surface area contributed by atoms with E-state index in [9.17, 15) is 18.0 Å². The van der Waals surface area contributed by atoms with Crippen molar-refractivity contribution in [3.8, 4) is 0 Å². The molecule has 1 aliphatic rings. The maximum absolute atomic E-state index is 12.6. The highest BCUT2D eigenvalue weighted by atomic mass is 19.4. The van der Waals surface area contributed by atoms with Crippen LogP contribution < -0.4 is 4.90 Å². The van der Waals surface area contributed by atoms with Gasteiger partial charge in [-0.15, -0.1) is 0 Å². The van der Waals surface area contributed by atoms with Gasteiger partial charge in [0.05, 0.1) is 11.1 Å². The van der Waals surface area contributed by atoms with Crippen LogP contribution in [-0.2, 0) is 6.18 Å². The number of fused-ring (bicyclic) bond motifs is 1. The largest absolute Gasteiger partial charge is 0.433 e. The van der Waals surface area contributed by atoms with Crippen molar-refractivity contribution in [3.05, 3.63) is 60.3 Å². The molecule has 1 saturated heterocycles. The van der Waals surface area contributed by atoms with E-state index in [-0.39, 0.29) is 11.5 Å². The molecule has 1 aliphatic heterocycles. The van der Waals surface area contributed by atoms with Crippen molar-refractivity contribution in [2.45, 2.75) is 6.18 Å². The summed E-state index contributed by atoms with van der Waals surface area (Å²) in [5.74, 6) is -0.312. The molecule has 0 bridgehead atoms. The fourth-order valence-corrected chi connectivity index (χ4v) is 3.21. The number of anilines is 1. The molecule has 0 spiro atoms. The van der Waals surface area contributed by atoms with Crippen molar-refractivity contribution in [2.75, 3.05) is 31.1 Å². The number of hydrogen-bond acceptors (Lipinski definition) is 5. The van der Waals surface area contributed by atoms with Gasteiger partial charge in [-0.05, 0) is 30.3 Å². The first-order chi connectivity index (χ1) is 13.4. The maximum atomic E-state index is 12.6. The molecule has 0 radical (unpaired) electrons. The average molecular weight is 387 g/mol. The number of piperazine rings is 1. The predicted octanol–water partition coefficient (Wildman–Crippen LogP) is 3.01. The van der Waals surface area contributed by atoms with Crippen LogP contribution in [0.25, 0.3) is 10.9 Å². The Labute approximate surface area is 158 Å². The molecule has 0 N–H and O–H groups in total. The summed E-state index contributed by atoms with van der Waals surface area (Å²) in [6, 6.07) is 7.92. The Balaban J connectivity index is 1.42. The molecular formula is C19H16F3N5O. The third kappa shape index (κ3) is 3.60. The lowest BCUT2D eigenvalue weighted by molar-refractivity contribution is -0.141. The summed E-state index contributed by atoms with van der Waals surface area (Å²) in [5, 5.41) is 0.939. The minimum absolute atomic E-state index is 0.157. The van der Waals surface area contributed by atoms with Crippen LogP contribution >= 0.6 is 0 Å². The monoisotopic (exact) mass is 387 g/mol. The van der Waals surface area contributed by atoms with Crippen molar-refractivity contribution in [1.29, 1.82) is 0 Å². The number of alkyl halides is 3. The normalized spacial score (nSPS) is 15.1. The van der Waals surface area contributed by atoms with Gasteiger partial charge in [-0.3, -0.25) is 9.78 Å². The Hall–Kier alpha value is -3.23. The molecule has 1 aromatic carbocycles. The molecule has 0 aliphatic carbocycles. The summed E-state index contributed by atoms with van der Waals surface area (Å²) in [6.07, 6.45) is -0.273. The van der Waals surface area contributed by atoms with Crippen molar-refractivity contribution in [3.63, 3.8) is 0 Å². The van der Waals surface area contributed by atoms with Gasteiger partial charge in [0.15, 0.2) is 0 Å². The molecule has 0 saturated carbocycles. The molecular weight excluding hydrogens is 371 g/mol. The van der Waals surface area contributed by atoms with E-state index in [0.717, 1.165) is 28.9 Å². The van der Waals surface area contributed by atoms with E-state index in [0.29, 0.717) is 26.2 Å². The van der Waals surface area contributed by atoms with Gasteiger partial charge < -0.3 is 9.80 Å². The lowest BCUT2D eigenvalue weighted by Gasteiger charge is -2.36. The number of nitrogens with zero attached hydrogens (tertiary/aromatic N) is 5. The van der Waals surface area contributed by atoms with Gasteiger partial charge in [-0.2, -0.15) is 13.2 Å². The first-order valence-corrected chi connectivity index (χ1v) is 8.69. The van der Waals surface area contributed by atoms with Gasteiger partial charge in [0, 0.05) is 49.6 Å². The van der Waals surface area contributed by atoms with E-state index in [1.165, 1.54) is 12.4 Å². The van der Waals surface area contributed by atoms with E-state index in [1.807, 2.05) is 18.2 Å². The highest BCUT2D eigenvalue weighted by Gasteiger charge is 2.32. The van der Waals surface area contributed by atoms with Crippen molar-refractivity contribution < 1.29 is 18.0 Å². The minimum atomic E-state index is -4.52. The van der Waals surface area contributed by atoms with Crippen LogP contribution in [0.15, 0.2) is 49.1 Å². The van der Waals surface area contributed by atoms with E-state index < -0.39 is 11.9 Å². The Bertz CT molecular complexity index is 998. The molecule has 2 aromatic heterocycles. The summed E-state index contributed by atoms with van der Waals surface area (Å²) >= 11 is 0.